The summed E-state index contributed by atoms with van der Waals surface area (Å²) in [6, 6.07) is 18.5. The fourth-order valence-electron chi connectivity index (χ4n) is 3.42. The second kappa shape index (κ2) is 9.96. The number of nitrogens with two attached hydrogens (primary N) is 1. The Morgan fingerprint density at radius 1 is 1.07 bits per heavy atom. The number of hydrogen-bond acceptors (Lipinski definition) is 3. The standard InChI is InChI=1S/C23H31N5O/c1-3-18(2)19-9-11-20(12-10-19)26-23(24)25-17-22(29)28-15-13-27(14-16-28)21-7-5-4-6-8-21/h4-12,18H,3,13-17H2,1-2H3,(H3,24,25,26). The number of piperazine rings is 1. The Morgan fingerprint density at radius 3 is 2.34 bits per heavy atom. The van der Waals surface area contributed by atoms with Gasteiger partial charge in [-0.05, 0) is 42.2 Å². The van der Waals surface area contributed by atoms with E-state index in [0.29, 0.717) is 19.0 Å². The molecular formula is C23H31N5O. The van der Waals surface area contributed by atoms with Crippen molar-refractivity contribution in [2.24, 2.45) is 10.7 Å². The van der Waals surface area contributed by atoms with Crippen molar-refractivity contribution in [1.29, 1.82) is 0 Å². The molecule has 6 heteroatoms. The van der Waals surface area contributed by atoms with Gasteiger partial charge in [0.05, 0.1) is 0 Å². The lowest BCUT2D eigenvalue weighted by Crippen LogP contribution is -2.49. The van der Waals surface area contributed by atoms with Crippen molar-refractivity contribution >= 4 is 23.2 Å². The van der Waals surface area contributed by atoms with E-state index in [2.05, 4.69) is 53.3 Å². The van der Waals surface area contributed by atoms with Crippen molar-refractivity contribution < 1.29 is 4.79 Å². The van der Waals surface area contributed by atoms with Crippen LogP contribution in [0.1, 0.15) is 31.7 Å². The summed E-state index contributed by atoms with van der Waals surface area (Å²) in [5, 5.41) is 3.06. The molecule has 2 aromatic carbocycles. The van der Waals surface area contributed by atoms with E-state index in [0.717, 1.165) is 25.2 Å². The number of nitrogens with one attached hydrogen (secondary N) is 1. The third-order valence-corrected chi connectivity index (χ3v) is 5.50. The summed E-state index contributed by atoms with van der Waals surface area (Å²) < 4.78 is 0. The maximum atomic E-state index is 12.5. The predicted molar refractivity (Wildman–Crippen MR) is 120 cm³/mol. The number of hydrogen-bond donors (Lipinski definition) is 2. The highest BCUT2D eigenvalue weighted by Crippen LogP contribution is 2.20. The number of nitrogens with zero attached hydrogens (tertiary/aromatic N) is 3. The zero-order valence-corrected chi connectivity index (χ0v) is 17.3. The highest BCUT2D eigenvalue weighted by molar-refractivity contribution is 5.93. The number of benzene rings is 2. The fraction of sp³-hybridized carbons (Fsp3) is 0.391. The van der Waals surface area contributed by atoms with Gasteiger partial charge in [-0.15, -0.1) is 0 Å². The number of para-hydroxylation sites is 1. The zero-order chi connectivity index (χ0) is 20.6. The van der Waals surface area contributed by atoms with E-state index in [1.54, 1.807) is 0 Å². The minimum absolute atomic E-state index is 0.00887. The lowest BCUT2D eigenvalue weighted by atomic mass is 9.99. The number of carbonyl (C=O) groups excluding carboxylic acids is 1. The summed E-state index contributed by atoms with van der Waals surface area (Å²) in [6.07, 6.45) is 1.11. The van der Waals surface area contributed by atoms with Crippen molar-refractivity contribution in [3.8, 4) is 0 Å². The number of carbonyl (C=O) groups is 1. The molecule has 0 radical (unpaired) electrons. The molecule has 3 rings (SSSR count). The largest absolute Gasteiger partial charge is 0.370 e. The van der Waals surface area contributed by atoms with Gasteiger partial charge < -0.3 is 20.9 Å². The molecule has 1 unspecified atom stereocenters. The Balaban J connectivity index is 1.46. The molecule has 1 atom stereocenters. The first kappa shape index (κ1) is 20.7. The van der Waals surface area contributed by atoms with Crippen LogP contribution in [0.15, 0.2) is 59.6 Å². The SMILES string of the molecule is CCC(C)c1ccc(NC(N)=NCC(=O)N2CCN(c3ccccc3)CC2)cc1. The summed E-state index contributed by atoms with van der Waals surface area (Å²) >= 11 is 0. The summed E-state index contributed by atoms with van der Waals surface area (Å²) in [4.78, 5) is 20.8. The molecule has 29 heavy (non-hydrogen) atoms. The van der Waals surface area contributed by atoms with Crippen LogP contribution in [0.4, 0.5) is 11.4 Å². The molecule has 1 saturated heterocycles. The summed E-state index contributed by atoms with van der Waals surface area (Å²) in [5.41, 5.74) is 9.35. The topological polar surface area (TPSA) is 74.0 Å². The number of anilines is 2. The van der Waals surface area contributed by atoms with Crippen molar-refractivity contribution in [3.63, 3.8) is 0 Å². The highest BCUT2D eigenvalue weighted by Gasteiger charge is 2.20. The summed E-state index contributed by atoms with van der Waals surface area (Å²) in [5.74, 6) is 0.808. The molecule has 1 aliphatic rings. The second-order valence-electron chi connectivity index (χ2n) is 7.46. The van der Waals surface area contributed by atoms with Gasteiger partial charge in [0, 0.05) is 37.6 Å². The zero-order valence-electron chi connectivity index (χ0n) is 17.3. The number of guanidine groups is 1. The average Bonchev–Trinajstić information content (AvgIpc) is 2.78. The molecule has 3 N–H and O–H groups in total. The molecule has 0 saturated carbocycles. The van der Waals surface area contributed by atoms with Gasteiger partial charge in [0.15, 0.2) is 5.96 Å². The van der Waals surface area contributed by atoms with Crippen LogP contribution in [0.3, 0.4) is 0 Å². The van der Waals surface area contributed by atoms with Gasteiger partial charge in [0.1, 0.15) is 6.54 Å². The fourth-order valence-corrected chi connectivity index (χ4v) is 3.42. The minimum atomic E-state index is 0.00887. The van der Waals surface area contributed by atoms with Gasteiger partial charge in [-0.1, -0.05) is 44.2 Å². The van der Waals surface area contributed by atoms with Crippen LogP contribution in [-0.2, 0) is 4.79 Å². The molecule has 1 heterocycles. The Labute approximate surface area is 173 Å². The van der Waals surface area contributed by atoms with E-state index in [-0.39, 0.29) is 18.4 Å². The van der Waals surface area contributed by atoms with E-state index in [4.69, 9.17) is 5.73 Å². The molecule has 1 aliphatic heterocycles. The molecule has 1 amide bonds. The van der Waals surface area contributed by atoms with E-state index in [1.165, 1.54) is 11.3 Å². The molecule has 1 fully saturated rings. The van der Waals surface area contributed by atoms with Crippen molar-refractivity contribution in [2.45, 2.75) is 26.2 Å². The highest BCUT2D eigenvalue weighted by atomic mass is 16.2. The van der Waals surface area contributed by atoms with Crippen LogP contribution < -0.4 is 16.0 Å². The average molecular weight is 394 g/mol. The predicted octanol–water partition coefficient (Wildman–Crippen LogP) is 3.28. The summed E-state index contributed by atoms with van der Waals surface area (Å²) in [6.45, 7) is 7.52. The maximum Gasteiger partial charge on any atom is 0.244 e. The lowest BCUT2D eigenvalue weighted by molar-refractivity contribution is -0.129. The first-order valence-electron chi connectivity index (χ1n) is 10.3. The van der Waals surface area contributed by atoms with Crippen LogP contribution >= 0.6 is 0 Å². The van der Waals surface area contributed by atoms with E-state index < -0.39 is 0 Å². The molecule has 0 spiro atoms. The van der Waals surface area contributed by atoms with Crippen molar-refractivity contribution in [1.82, 2.24) is 4.90 Å². The maximum absolute atomic E-state index is 12.5. The number of aliphatic imine (C=N–C) groups is 1. The van der Waals surface area contributed by atoms with Gasteiger partial charge >= 0.3 is 0 Å². The first-order valence-corrected chi connectivity index (χ1v) is 10.3. The van der Waals surface area contributed by atoms with Crippen molar-refractivity contribution in [2.75, 3.05) is 42.9 Å². The molecule has 2 aromatic rings. The normalized spacial score (nSPS) is 15.9. The van der Waals surface area contributed by atoms with Gasteiger partial charge in [0.2, 0.25) is 5.91 Å². The molecule has 0 bridgehead atoms. The van der Waals surface area contributed by atoms with Gasteiger partial charge in [0.25, 0.3) is 0 Å². The van der Waals surface area contributed by atoms with Crippen molar-refractivity contribution in [3.05, 3.63) is 60.2 Å². The Morgan fingerprint density at radius 2 is 1.72 bits per heavy atom. The Hall–Kier alpha value is -3.02. The van der Waals surface area contributed by atoms with Crippen LogP contribution in [0.25, 0.3) is 0 Å². The van der Waals surface area contributed by atoms with Crippen LogP contribution in [-0.4, -0.2) is 49.5 Å². The van der Waals surface area contributed by atoms with E-state index >= 15 is 0 Å². The van der Waals surface area contributed by atoms with Crippen LogP contribution in [0.5, 0.6) is 0 Å². The molecule has 154 valence electrons. The second-order valence-corrected chi connectivity index (χ2v) is 7.46. The molecular weight excluding hydrogens is 362 g/mol. The monoisotopic (exact) mass is 393 g/mol. The van der Waals surface area contributed by atoms with E-state index in [9.17, 15) is 4.79 Å². The number of amides is 1. The lowest BCUT2D eigenvalue weighted by Gasteiger charge is -2.35. The number of rotatable bonds is 6. The quantitative estimate of drug-likeness (QED) is 0.583. The molecule has 0 aliphatic carbocycles. The third kappa shape index (κ3) is 5.73. The van der Waals surface area contributed by atoms with Crippen LogP contribution in [0.2, 0.25) is 0 Å². The van der Waals surface area contributed by atoms with Crippen LogP contribution in [0, 0.1) is 0 Å². The van der Waals surface area contributed by atoms with Gasteiger partial charge in [-0.2, -0.15) is 0 Å². The smallest absolute Gasteiger partial charge is 0.244 e. The van der Waals surface area contributed by atoms with Gasteiger partial charge in [-0.3, -0.25) is 4.79 Å². The Kier molecular flexibility index (Phi) is 7.11. The molecule has 0 aromatic heterocycles. The molecule has 6 nitrogen and oxygen atoms in total. The van der Waals surface area contributed by atoms with E-state index in [1.807, 2.05) is 35.2 Å². The Bertz CT molecular complexity index is 811. The first-order chi connectivity index (χ1) is 14.1. The minimum Gasteiger partial charge on any atom is -0.370 e. The third-order valence-electron chi connectivity index (χ3n) is 5.50. The summed E-state index contributed by atoms with van der Waals surface area (Å²) in [7, 11) is 0. The van der Waals surface area contributed by atoms with Gasteiger partial charge in [-0.25, -0.2) is 4.99 Å².